The second kappa shape index (κ2) is 5.28. The molecular weight excluding hydrogens is 274 g/mol. The van der Waals surface area contributed by atoms with Crippen molar-refractivity contribution in [1.82, 2.24) is 19.6 Å². The number of methoxy groups -OCH3 is 1. The molecule has 0 saturated carbocycles. The molecule has 3 rings (SSSR count). The largest absolute Gasteiger partial charge is 0.467 e. The maximum absolute atomic E-state index is 11.7. The second-order valence-corrected chi connectivity index (χ2v) is 5.09. The first-order valence-electron chi connectivity index (χ1n) is 6.74. The van der Waals surface area contributed by atoms with Crippen LogP contribution in [-0.4, -0.2) is 58.0 Å². The maximum Gasteiger partial charge on any atom is 0.336 e. The average Bonchev–Trinajstić information content (AvgIpc) is 2.92. The fourth-order valence-electron chi connectivity index (χ4n) is 2.54. The van der Waals surface area contributed by atoms with E-state index in [1.807, 2.05) is 24.8 Å². The molecule has 1 saturated heterocycles. The van der Waals surface area contributed by atoms with Gasteiger partial charge in [-0.25, -0.2) is 9.78 Å². The van der Waals surface area contributed by atoms with E-state index in [0.717, 1.165) is 11.5 Å². The summed E-state index contributed by atoms with van der Waals surface area (Å²) < 4.78 is 12.1. The molecule has 0 radical (unpaired) electrons. The third-order valence-corrected chi connectivity index (χ3v) is 3.41. The Hall–Kier alpha value is -2.22. The zero-order valence-electron chi connectivity index (χ0n) is 12.2. The van der Waals surface area contributed by atoms with Crippen LogP contribution in [0, 0.1) is 6.92 Å². The van der Waals surface area contributed by atoms with Gasteiger partial charge in [-0.1, -0.05) is 0 Å². The molecule has 1 aliphatic heterocycles. The van der Waals surface area contributed by atoms with E-state index in [0.29, 0.717) is 18.9 Å². The lowest BCUT2D eigenvalue weighted by Crippen LogP contribution is -2.50. The quantitative estimate of drug-likeness (QED) is 0.731. The Kier molecular flexibility index (Phi) is 3.46. The highest BCUT2D eigenvalue weighted by molar-refractivity contribution is 5.75. The van der Waals surface area contributed by atoms with E-state index in [-0.39, 0.29) is 12.1 Å². The van der Waals surface area contributed by atoms with E-state index in [1.54, 1.807) is 4.52 Å². The average molecular weight is 291 g/mol. The van der Waals surface area contributed by atoms with E-state index >= 15 is 0 Å². The van der Waals surface area contributed by atoms with Crippen molar-refractivity contribution < 1.29 is 14.3 Å². The first-order chi connectivity index (χ1) is 10.1. The molecule has 0 spiro atoms. The molecule has 0 aliphatic carbocycles. The van der Waals surface area contributed by atoms with Crippen LogP contribution in [-0.2, 0) is 14.3 Å². The Morgan fingerprint density at radius 2 is 2.29 bits per heavy atom. The van der Waals surface area contributed by atoms with Gasteiger partial charge in [0.1, 0.15) is 12.1 Å². The van der Waals surface area contributed by atoms with Crippen molar-refractivity contribution in [2.75, 3.05) is 25.1 Å². The Labute approximate surface area is 121 Å². The van der Waals surface area contributed by atoms with Gasteiger partial charge in [0.05, 0.1) is 19.8 Å². The van der Waals surface area contributed by atoms with Crippen LogP contribution in [0.15, 0.2) is 12.4 Å². The van der Waals surface area contributed by atoms with Gasteiger partial charge < -0.3 is 14.4 Å². The predicted octanol–water partition coefficient (Wildman–Crippen LogP) is 0.199. The highest BCUT2D eigenvalue weighted by Gasteiger charge is 2.32. The first kappa shape index (κ1) is 13.7. The summed E-state index contributed by atoms with van der Waals surface area (Å²) in [4.78, 5) is 22.2. The van der Waals surface area contributed by atoms with E-state index in [9.17, 15) is 4.79 Å². The fourth-order valence-corrected chi connectivity index (χ4v) is 2.54. The van der Waals surface area contributed by atoms with Gasteiger partial charge in [-0.2, -0.15) is 14.6 Å². The topological polar surface area (TPSA) is 81.9 Å². The van der Waals surface area contributed by atoms with Crippen molar-refractivity contribution in [3.05, 3.63) is 18.1 Å². The molecule has 0 amide bonds. The third kappa shape index (κ3) is 2.54. The smallest absolute Gasteiger partial charge is 0.336 e. The molecule has 8 nitrogen and oxygen atoms in total. The van der Waals surface area contributed by atoms with E-state index in [1.165, 1.54) is 13.4 Å². The van der Waals surface area contributed by atoms with Crippen LogP contribution in [0.2, 0.25) is 0 Å². The Balaban J connectivity index is 1.97. The van der Waals surface area contributed by atoms with Gasteiger partial charge in [-0.15, -0.1) is 0 Å². The van der Waals surface area contributed by atoms with Gasteiger partial charge in [0.2, 0.25) is 0 Å². The molecule has 8 heteroatoms. The highest BCUT2D eigenvalue weighted by atomic mass is 16.6. The van der Waals surface area contributed by atoms with Gasteiger partial charge in [0.25, 0.3) is 5.78 Å². The Morgan fingerprint density at radius 3 is 3.05 bits per heavy atom. The molecule has 3 heterocycles. The number of carbonyl (C=O) groups excluding carboxylic acids is 1. The number of aryl methyl sites for hydroxylation is 1. The first-order valence-corrected chi connectivity index (χ1v) is 6.74. The minimum Gasteiger partial charge on any atom is -0.467 e. The number of ether oxygens (including phenoxy) is 2. The summed E-state index contributed by atoms with van der Waals surface area (Å²) in [5.74, 6) is 1.02. The Morgan fingerprint density at radius 1 is 1.48 bits per heavy atom. The summed E-state index contributed by atoms with van der Waals surface area (Å²) in [5.41, 5.74) is 0.847. The van der Waals surface area contributed by atoms with Crippen molar-refractivity contribution in [2.45, 2.75) is 26.1 Å². The molecule has 1 aliphatic rings. The highest BCUT2D eigenvalue weighted by Crippen LogP contribution is 2.21. The molecular formula is C13H17N5O3. The SMILES string of the molecule is COC(=O)C1CN(c2cc(C)nc3ncnn23)C[C@H](C)O1. The van der Waals surface area contributed by atoms with Crippen LogP contribution in [0.25, 0.3) is 5.78 Å². The molecule has 21 heavy (non-hydrogen) atoms. The zero-order chi connectivity index (χ0) is 15.0. The van der Waals surface area contributed by atoms with Gasteiger partial charge in [0, 0.05) is 18.3 Å². The monoisotopic (exact) mass is 291 g/mol. The molecule has 1 fully saturated rings. The Bertz CT molecular complexity index is 671. The molecule has 2 aromatic rings. The van der Waals surface area contributed by atoms with Crippen molar-refractivity contribution >= 4 is 17.6 Å². The van der Waals surface area contributed by atoms with Gasteiger partial charge in [0.15, 0.2) is 6.10 Å². The summed E-state index contributed by atoms with van der Waals surface area (Å²) in [7, 11) is 1.36. The summed E-state index contributed by atoms with van der Waals surface area (Å²) in [6, 6.07) is 1.92. The molecule has 2 atom stereocenters. The summed E-state index contributed by atoms with van der Waals surface area (Å²) in [6.07, 6.45) is 0.771. The number of esters is 1. The van der Waals surface area contributed by atoms with E-state index in [2.05, 4.69) is 15.1 Å². The number of morpholine rings is 1. The van der Waals surface area contributed by atoms with Crippen LogP contribution in [0.3, 0.4) is 0 Å². The van der Waals surface area contributed by atoms with Crippen LogP contribution in [0.1, 0.15) is 12.6 Å². The maximum atomic E-state index is 11.7. The summed E-state index contributed by atoms with van der Waals surface area (Å²) in [6.45, 7) is 4.90. The number of anilines is 1. The molecule has 0 N–H and O–H groups in total. The van der Waals surface area contributed by atoms with Gasteiger partial charge in [-0.05, 0) is 13.8 Å². The van der Waals surface area contributed by atoms with Crippen molar-refractivity contribution in [1.29, 1.82) is 0 Å². The van der Waals surface area contributed by atoms with Crippen LogP contribution < -0.4 is 4.90 Å². The third-order valence-electron chi connectivity index (χ3n) is 3.41. The number of carbonyl (C=O) groups is 1. The van der Waals surface area contributed by atoms with Crippen molar-refractivity contribution in [2.24, 2.45) is 0 Å². The number of hydrogen-bond acceptors (Lipinski definition) is 7. The lowest BCUT2D eigenvalue weighted by molar-refractivity contribution is -0.158. The van der Waals surface area contributed by atoms with Gasteiger partial charge in [-0.3, -0.25) is 0 Å². The summed E-state index contributed by atoms with van der Waals surface area (Å²) in [5, 5.41) is 4.19. The normalized spacial score (nSPS) is 22.5. The zero-order valence-corrected chi connectivity index (χ0v) is 12.2. The second-order valence-electron chi connectivity index (χ2n) is 5.09. The van der Waals surface area contributed by atoms with Crippen molar-refractivity contribution in [3.63, 3.8) is 0 Å². The molecule has 2 aromatic heterocycles. The minimum atomic E-state index is -0.606. The number of aromatic nitrogens is 4. The number of rotatable bonds is 2. The number of nitrogens with zero attached hydrogens (tertiary/aromatic N) is 5. The summed E-state index contributed by atoms with van der Waals surface area (Å²) >= 11 is 0. The standard InChI is InChI=1S/C13H17N5O3/c1-8-4-11(18-13(16-8)14-7-15-18)17-5-9(2)21-10(6-17)12(19)20-3/h4,7,9-10H,5-6H2,1-3H3/t9-,10?/m0/s1. The lowest BCUT2D eigenvalue weighted by atomic mass is 10.2. The van der Waals surface area contributed by atoms with Crippen LogP contribution in [0.5, 0.6) is 0 Å². The van der Waals surface area contributed by atoms with Crippen molar-refractivity contribution in [3.8, 4) is 0 Å². The lowest BCUT2D eigenvalue weighted by Gasteiger charge is -2.36. The number of fused-ring (bicyclic) bond motifs is 1. The molecule has 1 unspecified atom stereocenters. The predicted molar refractivity (Wildman–Crippen MR) is 74.1 cm³/mol. The van der Waals surface area contributed by atoms with Gasteiger partial charge >= 0.3 is 5.97 Å². The minimum absolute atomic E-state index is 0.0881. The number of hydrogen-bond donors (Lipinski definition) is 0. The molecule has 112 valence electrons. The fraction of sp³-hybridized carbons (Fsp3) is 0.538. The van der Waals surface area contributed by atoms with E-state index < -0.39 is 6.10 Å². The van der Waals surface area contributed by atoms with E-state index in [4.69, 9.17) is 9.47 Å². The molecule has 0 aromatic carbocycles. The van der Waals surface area contributed by atoms with Crippen LogP contribution >= 0.6 is 0 Å². The molecule has 0 bridgehead atoms. The van der Waals surface area contributed by atoms with Crippen LogP contribution in [0.4, 0.5) is 5.82 Å².